The van der Waals surface area contributed by atoms with E-state index in [0.29, 0.717) is 6.54 Å². The van der Waals surface area contributed by atoms with Crippen LogP contribution < -0.4 is 0 Å². The average Bonchev–Trinajstić information content (AvgIpc) is 2.66. The maximum atomic E-state index is 12.2. The molecule has 1 aromatic carbocycles. The van der Waals surface area contributed by atoms with Crippen molar-refractivity contribution in [3.63, 3.8) is 0 Å². The Labute approximate surface area is 131 Å². The zero-order valence-corrected chi connectivity index (χ0v) is 13.4. The number of hydrogen-bond donors (Lipinski definition) is 1. The number of carbonyl (C=O) groups is 1. The van der Waals surface area contributed by atoms with E-state index in [4.69, 9.17) is 4.74 Å². The molecule has 22 heavy (non-hydrogen) atoms. The van der Waals surface area contributed by atoms with Crippen LogP contribution in [0.1, 0.15) is 26.3 Å². The van der Waals surface area contributed by atoms with Gasteiger partial charge in [0.25, 0.3) is 0 Å². The summed E-state index contributed by atoms with van der Waals surface area (Å²) in [5.74, 6) is 0. The fourth-order valence-corrected chi connectivity index (χ4v) is 3.32. The molecule has 0 bridgehead atoms. The van der Waals surface area contributed by atoms with Gasteiger partial charge in [0.2, 0.25) is 0 Å². The van der Waals surface area contributed by atoms with Gasteiger partial charge in [-0.15, -0.1) is 0 Å². The number of amides is 1. The van der Waals surface area contributed by atoms with Gasteiger partial charge in [-0.1, -0.05) is 30.3 Å². The normalized spacial score (nSPS) is 28.2. The van der Waals surface area contributed by atoms with Crippen LogP contribution in [0.2, 0.25) is 0 Å². The van der Waals surface area contributed by atoms with E-state index in [0.717, 1.165) is 13.1 Å². The minimum Gasteiger partial charge on any atom is -0.444 e. The van der Waals surface area contributed by atoms with Gasteiger partial charge in [0.1, 0.15) is 5.60 Å². The molecule has 1 aromatic rings. The number of likely N-dealkylation sites (tertiary alicyclic amines) is 2. The number of hydrogen-bond acceptors (Lipinski definition) is 4. The summed E-state index contributed by atoms with van der Waals surface area (Å²) in [5.41, 5.74) is 0.719. The lowest BCUT2D eigenvalue weighted by Crippen LogP contribution is -2.64. The van der Waals surface area contributed by atoms with Crippen molar-refractivity contribution < 1.29 is 14.6 Å². The molecule has 3 rings (SSSR count). The molecule has 2 aliphatic rings. The van der Waals surface area contributed by atoms with Gasteiger partial charge < -0.3 is 9.84 Å². The van der Waals surface area contributed by atoms with Crippen molar-refractivity contribution in [2.45, 2.75) is 51.1 Å². The summed E-state index contributed by atoms with van der Waals surface area (Å²) in [6.07, 6.45) is -0.826. The molecular formula is C17H24N2O3. The highest BCUT2D eigenvalue weighted by Gasteiger charge is 2.54. The Kier molecular flexibility index (Phi) is 3.87. The van der Waals surface area contributed by atoms with E-state index in [9.17, 15) is 9.90 Å². The quantitative estimate of drug-likeness (QED) is 0.906. The van der Waals surface area contributed by atoms with Crippen molar-refractivity contribution in [2.75, 3.05) is 13.1 Å². The molecule has 1 amide bonds. The van der Waals surface area contributed by atoms with Crippen molar-refractivity contribution in [3.05, 3.63) is 35.9 Å². The van der Waals surface area contributed by atoms with E-state index in [-0.39, 0.29) is 18.2 Å². The predicted octanol–water partition coefficient (Wildman–Crippen LogP) is 1.85. The Morgan fingerprint density at radius 3 is 2.59 bits per heavy atom. The first-order valence-corrected chi connectivity index (χ1v) is 7.81. The minimum absolute atomic E-state index is 0.0210. The van der Waals surface area contributed by atoms with Gasteiger partial charge in [-0.3, -0.25) is 9.80 Å². The van der Waals surface area contributed by atoms with E-state index in [1.807, 2.05) is 39.0 Å². The number of nitrogens with zero attached hydrogens (tertiary/aromatic N) is 2. The van der Waals surface area contributed by atoms with Crippen molar-refractivity contribution in [1.29, 1.82) is 0 Å². The summed E-state index contributed by atoms with van der Waals surface area (Å²) in [5, 5.41) is 10.3. The average molecular weight is 304 g/mol. The second kappa shape index (κ2) is 5.56. The van der Waals surface area contributed by atoms with Crippen molar-refractivity contribution in [2.24, 2.45) is 0 Å². The maximum Gasteiger partial charge on any atom is 0.410 e. The van der Waals surface area contributed by atoms with Gasteiger partial charge in [-0.05, 0) is 26.3 Å². The van der Waals surface area contributed by atoms with Crippen LogP contribution in [-0.4, -0.2) is 57.9 Å². The first-order chi connectivity index (χ1) is 10.3. The third-order valence-corrected chi connectivity index (χ3v) is 4.27. The summed E-state index contributed by atoms with van der Waals surface area (Å²) < 4.78 is 5.43. The predicted molar refractivity (Wildman–Crippen MR) is 83.4 cm³/mol. The van der Waals surface area contributed by atoms with Crippen LogP contribution >= 0.6 is 0 Å². The first-order valence-electron chi connectivity index (χ1n) is 7.81. The zero-order valence-electron chi connectivity index (χ0n) is 13.4. The highest BCUT2D eigenvalue weighted by Crippen LogP contribution is 2.34. The highest BCUT2D eigenvalue weighted by molar-refractivity contribution is 5.69. The molecule has 5 heteroatoms. The largest absolute Gasteiger partial charge is 0.444 e. The Bertz CT molecular complexity index is 541. The number of fused-ring (bicyclic) bond motifs is 1. The molecule has 2 heterocycles. The standard InChI is InChI=1S/C17H24N2O3/c1-17(2,3)22-16(21)19-11-14(20)15-13(19)10-18(15)9-12-7-5-4-6-8-12/h4-8,13-15,20H,9-11H2,1-3H3/t13-,14+,15+/m0/s1. The van der Waals surface area contributed by atoms with Crippen LogP contribution in [0, 0.1) is 0 Å². The van der Waals surface area contributed by atoms with Crippen molar-refractivity contribution in [3.8, 4) is 0 Å². The summed E-state index contributed by atoms with van der Waals surface area (Å²) in [6.45, 7) is 7.53. The van der Waals surface area contributed by atoms with Gasteiger partial charge in [-0.2, -0.15) is 0 Å². The molecule has 0 spiro atoms. The van der Waals surface area contributed by atoms with Crippen LogP contribution in [0.15, 0.2) is 30.3 Å². The monoisotopic (exact) mass is 304 g/mol. The Hall–Kier alpha value is -1.59. The fourth-order valence-electron chi connectivity index (χ4n) is 3.32. The van der Waals surface area contributed by atoms with Crippen molar-refractivity contribution >= 4 is 6.09 Å². The minimum atomic E-state index is -0.506. The van der Waals surface area contributed by atoms with E-state index in [2.05, 4.69) is 17.0 Å². The summed E-state index contributed by atoms with van der Waals surface area (Å²) in [6, 6.07) is 10.3. The molecule has 0 unspecified atom stereocenters. The van der Waals surface area contributed by atoms with Crippen LogP contribution in [0.3, 0.4) is 0 Å². The Balaban J connectivity index is 1.62. The van der Waals surface area contributed by atoms with E-state index >= 15 is 0 Å². The van der Waals surface area contributed by atoms with Crippen molar-refractivity contribution in [1.82, 2.24) is 9.80 Å². The number of β-amino-alcohol motifs (C(OH)–C–C–N with tert-alkyl or cyclic N) is 1. The second-order valence-corrected chi connectivity index (χ2v) is 7.17. The SMILES string of the molecule is CC(C)(C)OC(=O)N1C[C@@H](O)[C@H]2[C@@H]1CN2Cc1ccccc1. The number of ether oxygens (including phenoxy) is 1. The first kappa shape index (κ1) is 15.3. The van der Waals surface area contributed by atoms with Crippen LogP contribution in [0.4, 0.5) is 4.79 Å². The molecule has 0 radical (unpaired) electrons. The summed E-state index contributed by atoms with van der Waals surface area (Å²) >= 11 is 0. The maximum absolute atomic E-state index is 12.2. The van der Waals surface area contributed by atoms with Crippen LogP contribution in [0.25, 0.3) is 0 Å². The lowest BCUT2D eigenvalue weighted by Gasteiger charge is -2.47. The van der Waals surface area contributed by atoms with E-state index in [1.165, 1.54) is 5.56 Å². The molecule has 120 valence electrons. The van der Waals surface area contributed by atoms with Gasteiger partial charge >= 0.3 is 6.09 Å². The van der Waals surface area contributed by atoms with E-state index in [1.54, 1.807) is 4.90 Å². The molecule has 0 saturated carbocycles. The number of carbonyl (C=O) groups excluding carboxylic acids is 1. The lowest BCUT2D eigenvalue weighted by molar-refractivity contribution is -0.0294. The van der Waals surface area contributed by atoms with Crippen LogP contribution in [-0.2, 0) is 11.3 Å². The fraction of sp³-hybridized carbons (Fsp3) is 0.588. The number of benzene rings is 1. The van der Waals surface area contributed by atoms with E-state index < -0.39 is 11.7 Å². The number of aliphatic hydroxyl groups excluding tert-OH is 1. The van der Waals surface area contributed by atoms with Crippen LogP contribution in [0.5, 0.6) is 0 Å². The van der Waals surface area contributed by atoms with Gasteiger partial charge in [0, 0.05) is 13.1 Å². The molecular weight excluding hydrogens is 280 g/mol. The van der Waals surface area contributed by atoms with Gasteiger partial charge in [0.05, 0.1) is 24.7 Å². The molecule has 3 atom stereocenters. The summed E-state index contributed by atoms with van der Waals surface area (Å²) in [4.78, 5) is 16.1. The van der Waals surface area contributed by atoms with Gasteiger partial charge in [-0.25, -0.2) is 4.79 Å². The Morgan fingerprint density at radius 1 is 1.27 bits per heavy atom. The highest BCUT2D eigenvalue weighted by atomic mass is 16.6. The molecule has 5 nitrogen and oxygen atoms in total. The van der Waals surface area contributed by atoms with Gasteiger partial charge in [0.15, 0.2) is 0 Å². The molecule has 0 aliphatic carbocycles. The number of rotatable bonds is 2. The second-order valence-electron chi connectivity index (χ2n) is 7.17. The zero-order chi connectivity index (χ0) is 15.9. The third kappa shape index (κ3) is 2.96. The smallest absolute Gasteiger partial charge is 0.410 e. The Morgan fingerprint density at radius 2 is 1.95 bits per heavy atom. The molecule has 1 N–H and O–H groups in total. The number of aliphatic hydroxyl groups is 1. The molecule has 0 aromatic heterocycles. The molecule has 2 saturated heterocycles. The molecule has 2 aliphatic heterocycles. The lowest BCUT2D eigenvalue weighted by atomic mass is 9.94. The third-order valence-electron chi connectivity index (χ3n) is 4.27. The topological polar surface area (TPSA) is 53.0 Å². The summed E-state index contributed by atoms with van der Waals surface area (Å²) in [7, 11) is 0. The molecule has 2 fully saturated rings.